The average Bonchev–Trinajstić information content (AvgIpc) is 2.43. The fraction of sp³-hybridized carbons (Fsp3) is 0.143. The van der Waals surface area contributed by atoms with Crippen molar-refractivity contribution in [3.63, 3.8) is 0 Å². The molecule has 0 radical (unpaired) electrons. The first-order chi connectivity index (χ1) is 9.04. The van der Waals surface area contributed by atoms with Gasteiger partial charge in [-0.3, -0.25) is 0 Å². The van der Waals surface area contributed by atoms with Gasteiger partial charge in [-0.05, 0) is 23.3 Å². The molecule has 0 bridgehead atoms. The summed E-state index contributed by atoms with van der Waals surface area (Å²) in [6, 6.07) is 7.01. The Morgan fingerprint density at radius 2 is 1.53 bits per heavy atom. The Morgan fingerprint density at radius 3 is 2.11 bits per heavy atom. The summed E-state index contributed by atoms with van der Waals surface area (Å²) in [5.74, 6) is -3.16. The van der Waals surface area contributed by atoms with Crippen LogP contribution in [-0.2, 0) is 0 Å². The molecule has 5 heteroatoms. The van der Waals surface area contributed by atoms with Gasteiger partial charge in [0.1, 0.15) is 5.82 Å². The largest absolute Gasteiger partial charge is 0.394 e. The molecule has 0 amide bonds. The lowest BCUT2D eigenvalue weighted by Crippen LogP contribution is -2.14. The summed E-state index contributed by atoms with van der Waals surface area (Å²) in [7, 11) is 0. The zero-order valence-electron chi connectivity index (χ0n) is 9.91. The Bertz CT molecular complexity index is 584. The van der Waals surface area contributed by atoms with E-state index in [1.165, 1.54) is 12.1 Å². The molecule has 0 aliphatic rings. The standard InChI is InChI=1S/C14H12F3NO/c15-10-5-6-11(16)14(17)13(10)9-3-1-8(2-4-9)12(18)7-19/h1-6,12,19H,7,18H2. The number of benzene rings is 2. The highest BCUT2D eigenvalue weighted by Crippen LogP contribution is 2.28. The van der Waals surface area contributed by atoms with Crippen LogP contribution in [0.25, 0.3) is 11.1 Å². The second kappa shape index (κ2) is 5.42. The summed E-state index contributed by atoms with van der Waals surface area (Å²) in [6.45, 7) is -0.234. The van der Waals surface area contributed by atoms with Gasteiger partial charge >= 0.3 is 0 Å². The normalized spacial score (nSPS) is 12.5. The quantitative estimate of drug-likeness (QED) is 0.840. The zero-order valence-corrected chi connectivity index (χ0v) is 9.91. The van der Waals surface area contributed by atoms with E-state index in [1.54, 1.807) is 12.1 Å². The van der Waals surface area contributed by atoms with Crippen LogP contribution >= 0.6 is 0 Å². The maximum atomic E-state index is 13.6. The smallest absolute Gasteiger partial charge is 0.169 e. The van der Waals surface area contributed by atoms with Crippen LogP contribution in [0.3, 0.4) is 0 Å². The highest BCUT2D eigenvalue weighted by atomic mass is 19.2. The molecular formula is C14H12F3NO. The van der Waals surface area contributed by atoms with Gasteiger partial charge in [0.25, 0.3) is 0 Å². The van der Waals surface area contributed by atoms with Crippen LogP contribution < -0.4 is 5.73 Å². The molecule has 100 valence electrons. The van der Waals surface area contributed by atoms with Gasteiger partial charge in [-0.2, -0.15) is 0 Å². The second-order valence-corrected chi connectivity index (χ2v) is 4.13. The summed E-state index contributed by atoms with van der Waals surface area (Å²) in [6.07, 6.45) is 0. The first-order valence-corrected chi connectivity index (χ1v) is 5.65. The topological polar surface area (TPSA) is 46.2 Å². The fourth-order valence-electron chi connectivity index (χ4n) is 1.79. The Hall–Kier alpha value is -1.85. The van der Waals surface area contributed by atoms with E-state index in [4.69, 9.17) is 10.8 Å². The van der Waals surface area contributed by atoms with E-state index >= 15 is 0 Å². The molecular weight excluding hydrogens is 255 g/mol. The van der Waals surface area contributed by atoms with E-state index in [0.29, 0.717) is 5.56 Å². The summed E-state index contributed by atoms with van der Waals surface area (Å²) in [5, 5.41) is 8.90. The maximum absolute atomic E-state index is 13.6. The summed E-state index contributed by atoms with van der Waals surface area (Å²) < 4.78 is 40.3. The minimum absolute atomic E-state index is 0.211. The van der Waals surface area contributed by atoms with Gasteiger partial charge < -0.3 is 10.8 Å². The van der Waals surface area contributed by atoms with Gasteiger partial charge in [0.05, 0.1) is 18.2 Å². The molecule has 0 saturated carbocycles. The molecule has 2 nitrogen and oxygen atoms in total. The lowest BCUT2D eigenvalue weighted by atomic mass is 10.0. The highest BCUT2D eigenvalue weighted by molar-refractivity contribution is 5.65. The van der Waals surface area contributed by atoms with Gasteiger partial charge in [0.15, 0.2) is 11.6 Å². The van der Waals surface area contributed by atoms with E-state index in [2.05, 4.69) is 0 Å². The van der Waals surface area contributed by atoms with E-state index in [-0.39, 0.29) is 12.2 Å². The van der Waals surface area contributed by atoms with Gasteiger partial charge in [-0.1, -0.05) is 24.3 Å². The summed E-state index contributed by atoms with van der Waals surface area (Å²) in [5.41, 5.74) is 6.04. The predicted octanol–water partition coefficient (Wildman–Crippen LogP) is 2.76. The Labute approximate surface area is 108 Å². The molecule has 19 heavy (non-hydrogen) atoms. The van der Waals surface area contributed by atoms with Crippen LogP contribution in [0.2, 0.25) is 0 Å². The van der Waals surface area contributed by atoms with Gasteiger partial charge in [-0.25, -0.2) is 13.2 Å². The molecule has 2 aromatic rings. The van der Waals surface area contributed by atoms with Crippen molar-refractivity contribution in [2.45, 2.75) is 6.04 Å². The van der Waals surface area contributed by atoms with Crippen molar-refractivity contribution >= 4 is 0 Å². The lowest BCUT2D eigenvalue weighted by Gasteiger charge is -2.10. The predicted molar refractivity (Wildman–Crippen MR) is 65.8 cm³/mol. The van der Waals surface area contributed by atoms with Crippen LogP contribution in [0.4, 0.5) is 13.2 Å². The summed E-state index contributed by atoms with van der Waals surface area (Å²) in [4.78, 5) is 0. The van der Waals surface area contributed by atoms with Crippen molar-refractivity contribution in [1.29, 1.82) is 0 Å². The minimum atomic E-state index is -1.22. The van der Waals surface area contributed by atoms with Crippen LogP contribution in [0.5, 0.6) is 0 Å². The molecule has 1 unspecified atom stereocenters. The Kier molecular flexibility index (Phi) is 3.87. The van der Waals surface area contributed by atoms with Gasteiger partial charge in [-0.15, -0.1) is 0 Å². The third-order valence-electron chi connectivity index (χ3n) is 2.87. The number of aliphatic hydroxyl groups is 1. The van der Waals surface area contributed by atoms with Crippen LogP contribution in [0.1, 0.15) is 11.6 Å². The summed E-state index contributed by atoms with van der Waals surface area (Å²) >= 11 is 0. The number of hydrogen-bond acceptors (Lipinski definition) is 2. The lowest BCUT2D eigenvalue weighted by molar-refractivity contribution is 0.268. The van der Waals surface area contributed by atoms with Crippen LogP contribution in [-0.4, -0.2) is 11.7 Å². The second-order valence-electron chi connectivity index (χ2n) is 4.13. The van der Waals surface area contributed by atoms with Crippen LogP contribution in [0.15, 0.2) is 36.4 Å². The molecule has 0 fully saturated rings. The number of halogens is 3. The van der Waals surface area contributed by atoms with Crippen molar-refractivity contribution < 1.29 is 18.3 Å². The van der Waals surface area contributed by atoms with Crippen molar-refractivity contribution in [3.05, 3.63) is 59.4 Å². The molecule has 1 atom stereocenters. The maximum Gasteiger partial charge on any atom is 0.169 e. The third kappa shape index (κ3) is 2.62. The average molecular weight is 267 g/mol. The molecule has 0 aliphatic heterocycles. The first kappa shape index (κ1) is 13.6. The molecule has 2 rings (SSSR count). The Morgan fingerprint density at radius 1 is 0.947 bits per heavy atom. The SMILES string of the molecule is NC(CO)c1ccc(-c2c(F)ccc(F)c2F)cc1. The zero-order chi connectivity index (χ0) is 14.0. The van der Waals surface area contributed by atoms with Gasteiger partial charge in [0.2, 0.25) is 0 Å². The molecule has 0 heterocycles. The van der Waals surface area contributed by atoms with Gasteiger partial charge in [0, 0.05) is 0 Å². The van der Waals surface area contributed by atoms with E-state index < -0.39 is 29.1 Å². The van der Waals surface area contributed by atoms with E-state index in [0.717, 1.165) is 12.1 Å². The van der Waals surface area contributed by atoms with E-state index in [1.807, 2.05) is 0 Å². The highest BCUT2D eigenvalue weighted by Gasteiger charge is 2.15. The number of nitrogens with two attached hydrogens (primary N) is 1. The van der Waals surface area contributed by atoms with E-state index in [9.17, 15) is 13.2 Å². The number of hydrogen-bond donors (Lipinski definition) is 2. The van der Waals surface area contributed by atoms with Crippen molar-refractivity contribution in [3.8, 4) is 11.1 Å². The van der Waals surface area contributed by atoms with Crippen molar-refractivity contribution in [2.24, 2.45) is 5.73 Å². The van der Waals surface area contributed by atoms with Crippen molar-refractivity contribution in [1.82, 2.24) is 0 Å². The fourth-order valence-corrected chi connectivity index (χ4v) is 1.79. The number of aliphatic hydroxyl groups excluding tert-OH is 1. The first-order valence-electron chi connectivity index (χ1n) is 5.65. The van der Waals surface area contributed by atoms with Crippen LogP contribution in [0, 0.1) is 17.5 Å². The number of rotatable bonds is 3. The molecule has 2 aromatic carbocycles. The Balaban J connectivity index is 2.46. The molecule has 0 saturated heterocycles. The monoisotopic (exact) mass is 267 g/mol. The molecule has 0 aromatic heterocycles. The molecule has 3 N–H and O–H groups in total. The molecule has 0 spiro atoms. The van der Waals surface area contributed by atoms with Crippen molar-refractivity contribution in [2.75, 3.05) is 6.61 Å². The molecule has 0 aliphatic carbocycles. The minimum Gasteiger partial charge on any atom is -0.394 e. The third-order valence-corrected chi connectivity index (χ3v) is 2.87.